The molecule has 0 radical (unpaired) electrons. The van der Waals surface area contributed by atoms with Gasteiger partial charge in [0.1, 0.15) is 0 Å². The van der Waals surface area contributed by atoms with Crippen molar-refractivity contribution in [3.63, 3.8) is 0 Å². The maximum atomic E-state index is 6.81. The molecule has 0 spiro atoms. The van der Waals surface area contributed by atoms with Crippen molar-refractivity contribution in [1.82, 2.24) is 4.98 Å². The summed E-state index contributed by atoms with van der Waals surface area (Å²) in [6.45, 7) is 7.04. The molecule has 0 atom stereocenters. The molecule has 0 unspecified atom stereocenters. The summed E-state index contributed by atoms with van der Waals surface area (Å²) in [5, 5.41) is 2.46. The number of pyridine rings is 1. The molecule has 21 heavy (non-hydrogen) atoms. The fourth-order valence-corrected chi connectivity index (χ4v) is 3.78. The molecule has 0 amide bonds. The van der Waals surface area contributed by atoms with Gasteiger partial charge in [0, 0.05) is 23.3 Å². The van der Waals surface area contributed by atoms with Crippen LogP contribution in [0.5, 0.6) is 0 Å². The minimum absolute atomic E-state index is 0.213. The van der Waals surface area contributed by atoms with Crippen molar-refractivity contribution in [1.29, 1.82) is 0 Å². The third kappa shape index (κ3) is 2.69. The van der Waals surface area contributed by atoms with E-state index in [1.807, 2.05) is 12.4 Å². The first-order valence-electron chi connectivity index (χ1n) is 8.02. The van der Waals surface area contributed by atoms with Gasteiger partial charge in [-0.3, -0.25) is 4.98 Å². The van der Waals surface area contributed by atoms with Crippen LogP contribution in [-0.4, -0.2) is 4.98 Å². The number of nitrogens with zero attached hydrogens (tertiary/aromatic N) is 1. The van der Waals surface area contributed by atoms with E-state index >= 15 is 0 Å². The van der Waals surface area contributed by atoms with E-state index in [1.54, 1.807) is 0 Å². The van der Waals surface area contributed by atoms with Crippen molar-refractivity contribution < 1.29 is 0 Å². The lowest BCUT2D eigenvalue weighted by Crippen LogP contribution is -2.42. The van der Waals surface area contributed by atoms with Crippen LogP contribution in [0.2, 0.25) is 0 Å². The molecular weight excluding hydrogens is 256 g/mol. The summed E-state index contributed by atoms with van der Waals surface area (Å²) in [5.74, 6) is 0.775. The van der Waals surface area contributed by atoms with E-state index in [0.29, 0.717) is 5.41 Å². The molecule has 3 rings (SSSR count). The SMILES string of the molecule is CC(C)(C)C1CCC(N)(c2cncc3ccccc23)CC1. The standard InChI is InChI=1S/C19H26N2/c1-18(2,3)15-8-10-19(20,11-9-15)17-13-21-12-14-6-4-5-7-16(14)17/h4-7,12-13,15H,8-11,20H2,1-3H3. The molecule has 0 aliphatic heterocycles. The lowest BCUT2D eigenvalue weighted by atomic mass is 9.66. The Kier molecular flexibility index (Phi) is 3.53. The van der Waals surface area contributed by atoms with Crippen LogP contribution in [0.1, 0.15) is 52.0 Å². The molecule has 1 aromatic heterocycles. The fraction of sp³-hybridized carbons (Fsp3) is 0.526. The Morgan fingerprint density at radius 3 is 2.43 bits per heavy atom. The summed E-state index contributed by atoms with van der Waals surface area (Å²) >= 11 is 0. The molecule has 112 valence electrons. The highest BCUT2D eigenvalue weighted by atomic mass is 14.8. The quantitative estimate of drug-likeness (QED) is 0.828. The second kappa shape index (κ2) is 5.10. The third-order valence-electron chi connectivity index (χ3n) is 5.31. The van der Waals surface area contributed by atoms with E-state index in [1.165, 1.54) is 29.2 Å². The summed E-state index contributed by atoms with van der Waals surface area (Å²) in [4.78, 5) is 4.42. The summed E-state index contributed by atoms with van der Waals surface area (Å²) < 4.78 is 0. The van der Waals surface area contributed by atoms with Crippen LogP contribution >= 0.6 is 0 Å². The second-order valence-corrected chi connectivity index (χ2v) is 7.70. The van der Waals surface area contributed by atoms with Crippen molar-refractivity contribution >= 4 is 10.8 Å². The van der Waals surface area contributed by atoms with Gasteiger partial charge in [0.2, 0.25) is 0 Å². The molecule has 0 saturated heterocycles. The monoisotopic (exact) mass is 282 g/mol. The summed E-state index contributed by atoms with van der Waals surface area (Å²) in [5.41, 5.74) is 8.22. The van der Waals surface area contributed by atoms with Crippen LogP contribution < -0.4 is 5.73 Å². The Morgan fingerprint density at radius 2 is 1.76 bits per heavy atom. The molecule has 2 nitrogen and oxygen atoms in total. The van der Waals surface area contributed by atoms with E-state index < -0.39 is 0 Å². The number of benzene rings is 1. The predicted octanol–water partition coefficient (Wildman–Crippen LogP) is 4.63. The van der Waals surface area contributed by atoms with Gasteiger partial charge >= 0.3 is 0 Å². The normalized spacial score (nSPS) is 27.0. The van der Waals surface area contributed by atoms with Crippen molar-refractivity contribution in [2.45, 2.75) is 52.0 Å². The van der Waals surface area contributed by atoms with Crippen LogP contribution in [0, 0.1) is 11.3 Å². The maximum Gasteiger partial charge on any atom is 0.0431 e. The van der Waals surface area contributed by atoms with E-state index in [4.69, 9.17) is 5.73 Å². The molecule has 1 aromatic carbocycles. The minimum atomic E-state index is -0.213. The van der Waals surface area contributed by atoms with Crippen LogP contribution in [0.15, 0.2) is 36.7 Å². The van der Waals surface area contributed by atoms with Crippen LogP contribution in [-0.2, 0) is 5.54 Å². The Labute approximate surface area is 127 Å². The Hall–Kier alpha value is -1.41. The van der Waals surface area contributed by atoms with Gasteiger partial charge in [0.25, 0.3) is 0 Å². The Balaban J connectivity index is 1.93. The van der Waals surface area contributed by atoms with E-state index in [9.17, 15) is 0 Å². The van der Waals surface area contributed by atoms with Crippen molar-refractivity contribution in [2.24, 2.45) is 17.1 Å². The number of hydrogen-bond donors (Lipinski definition) is 1. The number of hydrogen-bond acceptors (Lipinski definition) is 2. The molecule has 1 heterocycles. The lowest BCUT2D eigenvalue weighted by Gasteiger charge is -2.42. The molecule has 2 heteroatoms. The number of nitrogens with two attached hydrogens (primary N) is 1. The number of fused-ring (bicyclic) bond motifs is 1. The fourth-order valence-electron chi connectivity index (χ4n) is 3.78. The van der Waals surface area contributed by atoms with E-state index in [-0.39, 0.29) is 5.54 Å². The third-order valence-corrected chi connectivity index (χ3v) is 5.31. The van der Waals surface area contributed by atoms with Gasteiger partial charge in [-0.25, -0.2) is 0 Å². The van der Waals surface area contributed by atoms with Crippen molar-refractivity contribution in [3.8, 4) is 0 Å². The maximum absolute atomic E-state index is 6.81. The smallest absolute Gasteiger partial charge is 0.0431 e. The first kappa shape index (κ1) is 14.5. The van der Waals surface area contributed by atoms with Crippen molar-refractivity contribution in [2.75, 3.05) is 0 Å². The highest BCUT2D eigenvalue weighted by molar-refractivity contribution is 5.85. The average Bonchev–Trinajstić information content (AvgIpc) is 2.46. The van der Waals surface area contributed by atoms with Gasteiger partial charge in [0.15, 0.2) is 0 Å². The summed E-state index contributed by atoms with van der Waals surface area (Å²) in [6, 6.07) is 8.45. The van der Waals surface area contributed by atoms with Gasteiger partial charge < -0.3 is 5.73 Å². The average molecular weight is 282 g/mol. The molecular formula is C19H26N2. The molecule has 1 aliphatic carbocycles. The highest BCUT2D eigenvalue weighted by Gasteiger charge is 2.38. The molecule has 0 bridgehead atoms. The molecule has 1 fully saturated rings. The minimum Gasteiger partial charge on any atom is -0.321 e. The first-order valence-corrected chi connectivity index (χ1v) is 8.02. The van der Waals surface area contributed by atoms with E-state index in [2.05, 4.69) is 50.0 Å². The summed E-state index contributed by atoms with van der Waals surface area (Å²) in [6.07, 6.45) is 8.46. The predicted molar refractivity (Wildman–Crippen MR) is 89.0 cm³/mol. The van der Waals surface area contributed by atoms with Gasteiger partial charge in [0.05, 0.1) is 0 Å². The first-order chi connectivity index (χ1) is 9.90. The molecule has 2 N–H and O–H groups in total. The second-order valence-electron chi connectivity index (χ2n) is 7.70. The van der Waals surface area contributed by atoms with Crippen molar-refractivity contribution in [3.05, 3.63) is 42.2 Å². The summed E-state index contributed by atoms with van der Waals surface area (Å²) in [7, 11) is 0. The van der Waals surface area contributed by atoms with Gasteiger partial charge in [-0.05, 0) is 48.0 Å². The zero-order valence-electron chi connectivity index (χ0n) is 13.4. The zero-order chi connectivity index (χ0) is 15.1. The Morgan fingerprint density at radius 1 is 1.10 bits per heavy atom. The highest BCUT2D eigenvalue weighted by Crippen LogP contribution is 2.45. The van der Waals surface area contributed by atoms with Crippen LogP contribution in [0.25, 0.3) is 10.8 Å². The molecule has 1 saturated carbocycles. The van der Waals surface area contributed by atoms with Gasteiger partial charge in [-0.15, -0.1) is 0 Å². The number of aromatic nitrogens is 1. The van der Waals surface area contributed by atoms with E-state index in [0.717, 1.165) is 18.8 Å². The lowest BCUT2D eigenvalue weighted by molar-refractivity contribution is 0.134. The van der Waals surface area contributed by atoms with Crippen LogP contribution in [0.3, 0.4) is 0 Å². The Bertz CT molecular complexity index is 626. The topological polar surface area (TPSA) is 38.9 Å². The van der Waals surface area contributed by atoms with Gasteiger partial charge in [-0.1, -0.05) is 45.0 Å². The zero-order valence-corrected chi connectivity index (χ0v) is 13.4. The van der Waals surface area contributed by atoms with Crippen LogP contribution in [0.4, 0.5) is 0 Å². The largest absolute Gasteiger partial charge is 0.321 e. The molecule has 1 aliphatic rings. The molecule has 2 aromatic rings. The number of rotatable bonds is 1. The van der Waals surface area contributed by atoms with Gasteiger partial charge in [-0.2, -0.15) is 0 Å².